The van der Waals surface area contributed by atoms with Gasteiger partial charge in [0.2, 0.25) is 0 Å². The van der Waals surface area contributed by atoms with Crippen molar-refractivity contribution in [1.82, 2.24) is 15.5 Å². The van der Waals surface area contributed by atoms with Crippen molar-refractivity contribution in [2.24, 2.45) is 0 Å². The molecule has 1 aliphatic heterocycles. The van der Waals surface area contributed by atoms with Gasteiger partial charge in [0.05, 0.1) is 13.2 Å². The molecular weight excluding hydrogens is 326 g/mol. The molecule has 1 fully saturated rings. The van der Waals surface area contributed by atoms with E-state index < -0.39 is 0 Å². The van der Waals surface area contributed by atoms with E-state index in [0.29, 0.717) is 13.1 Å². The summed E-state index contributed by atoms with van der Waals surface area (Å²) in [5.41, 5.74) is 4.70. The van der Waals surface area contributed by atoms with Gasteiger partial charge in [-0.15, -0.1) is 0 Å². The van der Waals surface area contributed by atoms with Gasteiger partial charge < -0.3 is 15.4 Å². The first-order chi connectivity index (χ1) is 12.7. The highest BCUT2D eigenvalue weighted by molar-refractivity contribution is 5.73. The minimum atomic E-state index is -0.150. The summed E-state index contributed by atoms with van der Waals surface area (Å²) in [7, 11) is 0. The summed E-state index contributed by atoms with van der Waals surface area (Å²) in [6, 6.07) is 16.4. The summed E-state index contributed by atoms with van der Waals surface area (Å²) in [5, 5.41) is 5.79. The summed E-state index contributed by atoms with van der Waals surface area (Å²) in [5.74, 6) is 0. The van der Waals surface area contributed by atoms with Gasteiger partial charge in [-0.25, -0.2) is 4.79 Å². The van der Waals surface area contributed by atoms with Gasteiger partial charge in [-0.2, -0.15) is 0 Å². The first kappa shape index (κ1) is 18.4. The van der Waals surface area contributed by atoms with Crippen molar-refractivity contribution in [2.75, 3.05) is 26.3 Å². The number of morpholine rings is 1. The summed E-state index contributed by atoms with van der Waals surface area (Å²) < 4.78 is 5.38. The minimum Gasteiger partial charge on any atom is -0.379 e. The molecule has 0 radical (unpaired) electrons. The number of nitrogens with zero attached hydrogens (tertiary/aromatic N) is 1. The molecule has 1 saturated heterocycles. The average molecular weight is 353 g/mol. The number of benzene rings is 2. The predicted molar refractivity (Wildman–Crippen MR) is 103 cm³/mol. The molecule has 0 spiro atoms. The Kier molecular flexibility index (Phi) is 6.63. The van der Waals surface area contributed by atoms with Gasteiger partial charge in [0, 0.05) is 32.7 Å². The van der Waals surface area contributed by atoms with Gasteiger partial charge in [-0.05, 0) is 23.6 Å². The van der Waals surface area contributed by atoms with Gasteiger partial charge in [0.25, 0.3) is 0 Å². The number of urea groups is 1. The van der Waals surface area contributed by atoms with E-state index in [4.69, 9.17) is 4.74 Å². The van der Waals surface area contributed by atoms with Crippen molar-refractivity contribution >= 4 is 6.03 Å². The van der Waals surface area contributed by atoms with Crippen molar-refractivity contribution in [2.45, 2.75) is 26.6 Å². The zero-order chi connectivity index (χ0) is 18.2. The van der Waals surface area contributed by atoms with Gasteiger partial charge in [0.1, 0.15) is 0 Å². The van der Waals surface area contributed by atoms with Crippen LogP contribution in [0.15, 0.2) is 48.5 Å². The lowest BCUT2D eigenvalue weighted by Crippen LogP contribution is -2.35. The van der Waals surface area contributed by atoms with E-state index in [1.165, 1.54) is 11.1 Å². The molecule has 5 nitrogen and oxygen atoms in total. The molecule has 0 bridgehead atoms. The second-order valence-electron chi connectivity index (χ2n) is 6.73. The minimum absolute atomic E-state index is 0.150. The molecule has 2 aromatic rings. The van der Waals surface area contributed by atoms with Gasteiger partial charge in [0.15, 0.2) is 0 Å². The van der Waals surface area contributed by atoms with Gasteiger partial charge in [-0.3, -0.25) is 4.90 Å². The van der Waals surface area contributed by atoms with E-state index in [1.54, 1.807) is 0 Å². The van der Waals surface area contributed by atoms with Crippen molar-refractivity contribution in [3.8, 4) is 0 Å². The molecule has 1 heterocycles. The molecule has 0 atom stereocenters. The van der Waals surface area contributed by atoms with Crippen LogP contribution < -0.4 is 10.6 Å². The van der Waals surface area contributed by atoms with E-state index in [-0.39, 0.29) is 6.03 Å². The summed E-state index contributed by atoms with van der Waals surface area (Å²) >= 11 is 0. The molecule has 0 aromatic heterocycles. The van der Waals surface area contributed by atoms with Crippen molar-refractivity contribution < 1.29 is 9.53 Å². The first-order valence-corrected chi connectivity index (χ1v) is 9.14. The SMILES string of the molecule is Cc1ccc(CNC(=O)NCc2ccc(CN3CCOCC3)cc2)cc1. The van der Waals surface area contributed by atoms with Crippen LogP contribution in [0.1, 0.15) is 22.3 Å². The van der Waals surface area contributed by atoms with Crippen LogP contribution >= 0.6 is 0 Å². The third-order valence-corrected chi connectivity index (χ3v) is 4.56. The van der Waals surface area contributed by atoms with Crippen LogP contribution in [0.25, 0.3) is 0 Å². The maximum atomic E-state index is 11.9. The molecule has 1 aliphatic rings. The number of amides is 2. The Morgan fingerprint density at radius 2 is 1.38 bits per heavy atom. The zero-order valence-corrected chi connectivity index (χ0v) is 15.3. The summed E-state index contributed by atoms with van der Waals surface area (Å²) in [6.45, 7) is 7.68. The van der Waals surface area contributed by atoms with Crippen LogP contribution in [0.2, 0.25) is 0 Å². The molecule has 2 N–H and O–H groups in total. The van der Waals surface area contributed by atoms with E-state index in [1.807, 2.05) is 24.3 Å². The fourth-order valence-corrected chi connectivity index (χ4v) is 2.91. The normalized spacial score (nSPS) is 14.8. The number of carbonyl (C=O) groups is 1. The van der Waals surface area contributed by atoms with Crippen molar-refractivity contribution in [3.63, 3.8) is 0 Å². The van der Waals surface area contributed by atoms with E-state index >= 15 is 0 Å². The smallest absolute Gasteiger partial charge is 0.315 e. The Morgan fingerprint density at radius 3 is 1.96 bits per heavy atom. The van der Waals surface area contributed by atoms with Gasteiger partial charge >= 0.3 is 6.03 Å². The van der Waals surface area contributed by atoms with Crippen molar-refractivity contribution in [1.29, 1.82) is 0 Å². The molecule has 2 aromatic carbocycles. The zero-order valence-electron chi connectivity index (χ0n) is 15.3. The second-order valence-corrected chi connectivity index (χ2v) is 6.73. The predicted octanol–water partition coefficient (Wildman–Crippen LogP) is 2.83. The molecule has 0 unspecified atom stereocenters. The lowest BCUT2D eigenvalue weighted by molar-refractivity contribution is 0.0342. The highest BCUT2D eigenvalue weighted by Gasteiger charge is 2.10. The first-order valence-electron chi connectivity index (χ1n) is 9.14. The summed E-state index contributed by atoms with van der Waals surface area (Å²) in [6.07, 6.45) is 0. The van der Waals surface area contributed by atoms with Crippen LogP contribution in [0.3, 0.4) is 0 Å². The third-order valence-electron chi connectivity index (χ3n) is 4.56. The molecule has 3 rings (SSSR count). The molecule has 2 amide bonds. The lowest BCUT2D eigenvalue weighted by atomic mass is 10.1. The topological polar surface area (TPSA) is 53.6 Å². The standard InChI is InChI=1S/C21H27N3O2/c1-17-2-4-18(5-3-17)14-22-21(25)23-15-19-6-8-20(9-7-19)16-24-10-12-26-13-11-24/h2-9H,10-16H2,1H3,(H2,22,23,25). The van der Waals surface area contributed by atoms with E-state index in [9.17, 15) is 4.79 Å². The number of rotatable bonds is 6. The van der Waals surface area contributed by atoms with Crippen LogP contribution in [0, 0.1) is 6.92 Å². The second kappa shape index (κ2) is 9.36. The molecule has 0 aliphatic carbocycles. The Balaban J connectivity index is 1.39. The largest absolute Gasteiger partial charge is 0.379 e. The molecule has 26 heavy (non-hydrogen) atoms. The monoisotopic (exact) mass is 353 g/mol. The molecule has 138 valence electrons. The lowest BCUT2D eigenvalue weighted by Gasteiger charge is -2.26. The Hall–Kier alpha value is -2.37. The third kappa shape index (κ3) is 5.86. The number of aryl methyl sites for hydroxylation is 1. The molecule has 0 saturated carbocycles. The average Bonchev–Trinajstić information content (AvgIpc) is 2.68. The van der Waals surface area contributed by atoms with Crippen LogP contribution in [0.5, 0.6) is 0 Å². The van der Waals surface area contributed by atoms with Crippen molar-refractivity contribution in [3.05, 3.63) is 70.8 Å². The van der Waals surface area contributed by atoms with Crippen LogP contribution in [-0.4, -0.2) is 37.2 Å². The fraction of sp³-hybridized carbons (Fsp3) is 0.381. The number of ether oxygens (including phenoxy) is 1. The molecular formula is C21H27N3O2. The van der Waals surface area contributed by atoms with E-state index in [0.717, 1.165) is 44.0 Å². The highest BCUT2D eigenvalue weighted by atomic mass is 16.5. The fourth-order valence-electron chi connectivity index (χ4n) is 2.91. The van der Waals surface area contributed by atoms with Crippen LogP contribution in [-0.2, 0) is 24.4 Å². The number of hydrogen-bond donors (Lipinski definition) is 2. The molecule has 5 heteroatoms. The van der Waals surface area contributed by atoms with Gasteiger partial charge in [-0.1, -0.05) is 54.1 Å². The Morgan fingerprint density at radius 1 is 0.885 bits per heavy atom. The number of carbonyl (C=O) groups excluding carboxylic acids is 1. The number of nitrogens with one attached hydrogen (secondary N) is 2. The maximum absolute atomic E-state index is 11.9. The van der Waals surface area contributed by atoms with E-state index in [2.05, 4.69) is 46.7 Å². The Labute approximate surface area is 155 Å². The summed E-state index contributed by atoms with van der Waals surface area (Å²) in [4.78, 5) is 14.3. The quantitative estimate of drug-likeness (QED) is 0.840. The maximum Gasteiger partial charge on any atom is 0.315 e. The highest BCUT2D eigenvalue weighted by Crippen LogP contribution is 2.09. The van der Waals surface area contributed by atoms with Crippen LogP contribution in [0.4, 0.5) is 4.79 Å². The number of hydrogen-bond acceptors (Lipinski definition) is 3. The Bertz CT molecular complexity index is 692.